The van der Waals surface area contributed by atoms with Crippen molar-refractivity contribution in [1.82, 2.24) is 20.1 Å². The Morgan fingerprint density at radius 3 is 2.53 bits per heavy atom. The van der Waals surface area contributed by atoms with Gasteiger partial charge in [-0.1, -0.05) is 41.6 Å². The quantitative estimate of drug-likeness (QED) is 0.301. The number of rotatable bonds is 8. The van der Waals surface area contributed by atoms with Crippen molar-refractivity contribution in [3.05, 3.63) is 89.1 Å². The van der Waals surface area contributed by atoms with Crippen LogP contribution in [0.15, 0.2) is 76.5 Å². The van der Waals surface area contributed by atoms with Crippen LogP contribution < -0.4 is 10.6 Å². The molecule has 0 saturated heterocycles. The van der Waals surface area contributed by atoms with Gasteiger partial charge in [0.2, 0.25) is 5.91 Å². The van der Waals surface area contributed by atoms with Crippen LogP contribution in [-0.2, 0) is 17.5 Å². The van der Waals surface area contributed by atoms with Gasteiger partial charge >= 0.3 is 6.18 Å². The summed E-state index contributed by atoms with van der Waals surface area (Å²) in [5.41, 5.74) is -0.392. The SMILES string of the molecule is O=C(CSc1nnc(CNC(=O)c2ccco2)n1-c1ccccc1)Nc1cc(C(F)(F)F)ccc1Cl. The normalized spacial score (nSPS) is 11.3. The summed E-state index contributed by atoms with van der Waals surface area (Å²) in [6.45, 7) is 0.0219. The second-order valence-corrected chi connectivity index (χ2v) is 8.61. The molecule has 0 aliphatic rings. The van der Waals surface area contributed by atoms with Gasteiger partial charge in [-0.3, -0.25) is 14.2 Å². The lowest BCUT2D eigenvalue weighted by Crippen LogP contribution is -2.24. The molecule has 0 aliphatic heterocycles. The lowest BCUT2D eigenvalue weighted by atomic mass is 10.2. The molecule has 36 heavy (non-hydrogen) atoms. The Morgan fingerprint density at radius 2 is 1.83 bits per heavy atom. The number of thioether (sulfide) groups is 1. The number of anilines is 1. The van der Waals surface area contributed by atoms with E-state index in [1.54, 1.807) is 34.9 Å². The Morgan fingerprint density at radius 1 is 1.06 bits per heavy atom. The Balaban J connectivity index is 1.48. The molecule has 2 heterocycles. The van der Waals surface area contributed by atoms with Crippen LogP contribution in [0.25, 0.3) is 5.69 Å². The molecule has 2 aromatic heterocycles. The third-order valence-corrected chi connectivity index (χ3v) is 6.03. The zero-order valence-electron chi connectivity index (χ0n) is 18.3. The number of alkyl halides is 3. The maximum absolute atomic E-state index is 13.0. The van der Waals surface area contributed by atoms with E-state index in [2.05, 4.69) is 20.8 Å². The Hall–Kier alpha value is -3.77. The van der Waals surface area contributed by atoms with Gasteiger partial charge in [0.05, 0.1) is 34.8 Å². The summed E-state index contributed by atoms with van der Waals surface area (Å²) in [4.78, 5) is 24.7. The second-order valence-electron chi connectivity index (χ2n) is 7.26. The van der Waals surface area contributed by atoms with E-state index in [-0.39, 0.29) is 28.8 Å². The molecule has 0 bridgehead atoms. The van der Waals surface area contributed by atoms with Crippen molar-refractivity contribution in [2.45, 2.75) is 17.9 Å². The highest BCUT2D eigenvalue weighted by atomic mass is 35.5. The van der Waals surface area contributed by atoms with Crippen LogP contribution in [0, 0.1) is 0 Å². The number of amides is 2. The fourth-order valence-corrected chi connectivity index (χ4v) is 4.05. The monoisotopic (exact) mass is 535 g/mol. The smallest absolute Gasteiger partial charge is 0.416 e. The number of furan rings is 1. The molecule has 4 rings (SSSR count). The van der Waals surface area contributed by atoms with Crippen molar-refractivity contribution in [1.29, 1.82) is 0 Å². The first-order valence-corrected chi connectivity index (χ1v) is 11.7. The van der Waals surface area contributed by atoms with Gasteiger partial charge in [0, 0.05) is 5.69 Å². The third kappa shape index (κ3) is 6.07. The van der Waals surface area contributed by atoms with Gasteiger partial charge in [-0.15, -0.1) is 10.2 Å². The number of aromatic nitrogens is 3. The van der Waals surface area contributed by atoms with Crippen molar-refractivity contribution in [2.24, 2.45) is 0 Å². The average molecular weight is 536 g/mol. The van der Waals surface area contributed by atoms with Crippen molar-refractivity contribution in [3.8, 4) is 5.69 Å². The highest BCUT2D eigenvalue weighted by Crippen LogP contribution is 2.34. The van der Waals surface area contributed by atoms with Crippen LogP contribution in [0.5, 0.6) is 0 Å². The number of para-hydroxylation sites is 1. The maximum Gasteiger partial charge on any atom is 0.416 e. The van der Waals surface area contributed by atoms with Crippen LogP contribution in [0.2, 0.25) is 5.02 Å². The van der Waals surface area contributed by atoms with E-state index >= 15 is 0 Å². The molecule has 0 saturated carbocycles. The van der Waals surface area contributed by atoms with Crippen LogP contribution in [0.1, 0.15) is 21.9 Å². The summed E-state index contributed by atoms with van der Waals surface area (Å²) in [5.74, 6) is -0.674. The van der Waals surface area contributed by atoms with Gasteiger partial charge in [-0.05, 0) is 42.5 Å². The fourth-order valence-electron chi connectivity index (χ4n) is 3.11. The Labute approximate surface area is 211 Å². The summed E-state index contributed by atoms with van der Waals surface area (Å²) in [5, 5.41) is 13.7. The average Bonchev–Trinajstić information content (AvgIpc) is 3.53. The maximum atomic E-state index is 13.0. The van der Waals surface area contributed by atoms with Gasteiger partial charge in [0.1, 0.15) is 0 Å². The number of carbonyl (C=O) groups is 2. The van der Waals surface area contributed by atoms with Crippen LogP contribution in [0.4, 0.5) is 18.9 Å². The molecule has 4 aromatic rings. The van der Waals surface area contributed by atoms with Crippen LogP contribution in [-0.4, -0.2) is 32.3 Å². The first-order valence-electron chi connectivity index (χ1n) is 10.3. The van der Waals surface area contributed by atoms with Gasteiger partial charge in [-0.2, -0.15) is 13.2 Å². The Bertz CT molecular complexity index is 1360. The standard InChI is InChI=1S/C23H17ClF3N5O3S/c24-16-9-8-14(23(25,26)27)11-17(16)29-20(33)13-36-22-31-30-19(32(22)15-5-2-1-3-6-15)12-28-21(34)18-7-4-10-35-18/h1-11H,12-13H2,(H,28,34)(H,29,33). The van der Waals surface area contributed by atoms with Gasteiger partial charge in [0.25, 0.3) is 5.91 Å². The predicted octanol–water partition coefficient (Wildman–Crippen LogP) is 5.19. The molecule has 8 nitrogen and oxygen atoms in total. The largest absolute Gasteiger partial charge is 0.459 e. The van der Waals surface area contributed by atoms with Gasteiger partial charge in [0.15, 0.2) is 16.7 Å². The number of halogens is 4. The second kappa shape index (κ2) is 10.9. The van der Waals surface area contributed by atoms with E-state index in [0.29, 0.717) is 16.7 Å². The summed E-state index contributed by atoms with van der Waals surface area (Å²) < 4.78 is 45.7. The summed E-state index contributed by atoms with van der Waals surface area (Å²) in [7, 11) is 0. The third-order valence-electron chi connectivity index (χ3n) is 4.77. The van der Waals surface area contributed by atoms with Crippen molar-refractivity contribution < 1.29 is 27.2 Å². The minimum atomic E-state index is -4.58. The van der Waals surface area contributed by atoms with Gasteiger partial charge < -0.3 is 15.1 Å². The Kier molecular flexibility index (Phi) is 7.65. The number of hydrogen-bond donors (Lipinski definition) is 2. The molecular weight excluding hydrogens is 519 g/mol. The summed E-state index contributed by atoms with van der Waals surface area (Å²) in [6.07, 6.45) is -3.19. The number of hydrogen-bond acceptors (Lipinski definition) is 6. The van der Waals surface area contributed by atoms with E-state index in [9.17, 15) is 22.8 Å². The van der Waals surface area contributed by atoms with E-state index in [4.69, 9.17) is 16.0 Å². The molecule has 13 heteroatoms. The molecular formula is C23H17ClF3N5O3S. The molecule has 0 atom stereocenters. The van der Waals surface area contributed by atoms with Crippen LogP contribution in [0.3, 0.4) is 0 Å². The molecule has 0 unspecified atom stereocenters. The molecule has 0 aliphatic carbocycles. The van der Waals surface area contributed by atoms with Crippen molar-refractivity contribution >= 4 is 40.9 Å². The predicted molar refractivity (Wildman–Crippen MR) is 127 cm³/mol. The van der Waals surface area contributed by atoms with Crippen LogP contribution >= 0.6 is 23.4 Å². The molecule has 186 valence electrons. The molecule has 2 aromatic carbocycles. The molecule has 0 fully saturated rings. The summed E-state index contributed by atoms with van der Waals surface area (Å²) >= 11 is 6.98. The van der Waals surface area contributed by atoms with Crippen molar-refractivity contribution in [2.75, 3.05) is 11.1 Å². The van der Waals surface area contributed by atoms with E-state index in [1.165, 1.54) is 12.3 Å². The number of carbonyl (C=O) groups excluding carboxylic acids is 2. The zero-order chi connectivity index (χ0) is 25.7. The lowest BCUT2D eigenvalue weighted by molar-refractivity contribution is -0.137. The van der Waals surface area contributed by atoms with E-state index in [1.807, 2.05) is 6.07 Å². The highest BCUT2D eigenvalue weighted by Gasteiger charge is 2.31. The topological polar surface area (TPSA) is 102 Å². The fraction of sp³-hybridized carbons (Fsp3) is 0.130. The molecule has 2 N–H and O–H groups in total. The molecule has 0 spiro atoms. The first kappa shape index (κ1) is 25.3. The molecule has 2 amide bonds. The number of nitrogens with zero attached hydrogens (tertiary/aromatic N) is 3. The summed E-state index contributed by atoms with van der Waals surface area (Å²) in [6, 6.07) is 14.8. The minimum Gasteiger partial charge on any atom is -0.459 e. The number of nitrogens with one attached hydrogen (secondary N) is 2. The first-order chi connectivity index (χ1) is 17.2. The van der Waals surface area contributed by atoms with E-state index in [0.717, 1.165) is 30.0 Å². The number of benzene rings is 2. The highest BCUT2D eigenvalue weighted by molar-refractivity contribution is 7.99. The van der Waals surface area contributed by atoms with Crippen molar-refractivity contribution in [3.63, 3.8) is 0 Å². The molecule has 0 radical (unpaired) electrons. The minimum absolute atomic E-state index is 0.0219. The zero-order valence-corrected chi connectivity index (χ0v) is 19.8. The van der Waals surface area contributed by atoms with E-state index < -0.39 is 23.6 Å². The van der Waals surface area contributed by atoms with Gasteiger partial charge in [-0.25, -0.2) is 0 Å². The lowest BCUT2D eigenvalue weighted by Gasteiger charge is -2.12.